The fraction of sp³-hybridized carbons (Fsp3) is 0.636. The number of carbonyl (C=O) groups is 1. The Morgan fingerprint density at radius 2 is 2.25 bits per heavy atom. The fourth-order valence-corrected chi connectivity index (χ4v) is 1.47. The predicted molar refractivity (Wildman–Crippen MR) is 60.9 cm³/mol. The molecule has 0 fully saturated rings. The number of hydrogen-bond acceptors (Lipinski definition) is 4. The number of nitrogens with one attached hydrogen (secondary N) is 1. The zero-order valence-electron chi connectivity index (χ0n) is 10.5. The third kappa shape index (κ3) is 2.82. The summed E-state index contributed by atoms with van der Waals surface area (Å²) in [7, 11) is 3.27. The van der Waals surface area contributed by atoms with Crippen molar-refractivity contribution in [2.75, 3.05) is 7.11 Å². The maximum Gasteiger partial charge on any atom is 0.325 e. The highest BCUT2D eigenvalue weighted by molar-refractivity contribution is 5.79. The molecule has 0 bridgehead atoms. The van der Waals surface area contributed by atoms with E-state index in [1.807, 2.05) is 20.2 Å². The molecule has 0 spiro atoms. The first-order valence-corrected chi connectivity index (χ1v) is 5.19. The number of rotatable bonds is 4. The molecule has 1 heterocycles. The van der Waals surface area contributed by atoms with Crippen LogP contribution in [0.3, 0.4) is 0 Å². The minimum absolute atomic E-state index is 0.269. The van der Waals surface area contributed by atoms with E-state index in [1.54, 1.807) is 18.5 Å². The summed E-state index contributed by atoms with van der Waals surface area (Å²) in [5.74, 6) is -0.269. The first-order valence-electron chi connectivity index (χ1n) is 5.19. The molecule has 90 valence electrons. The van der Waals surface area contributed by atoms with Crippen LogP contribution in [-0.4, -0.2) is 28.4 Å². The van der Waals surface area contributed by atoms with E-state index >= 15 is 0 Å². The molecule has 0 radical (unpaired) electrons. The second-order valence-electron chi connectivity index (χ2n) is 4.38. The number of carbonyl (C=O) groups excluding carboxylic acids is 1. The van der Waals surface area contributed by atoms with Gasteiger partial charge < -0.3 is 4.74 Å². The summed E-state index contributed by atoms with van der Waals surface area (Å²) in [5.41, 5.74) is 1.37. The minimum atomic E-state index is -0.684. The van der Waals surface area contributed by atoms with Crippen LogP contribution in [0.1, 0.15) is 25.1 Å². The van der Waals surface area contributed by atoms with Gasteiger partial charge in [0.15, 0.2) is 0 Å². The Morgan fingerprint density at radius 1 is 1.62 bits per heavy atom. The Labute approximate surface area is 95.8 Å². The lowest BCUT2D eigenvalue weighted by Gasteiger charge is -2.22. The van der Waals surface area contributed by atoms with E-state index in [-0.39, 0.29) is 5.97 Å². The van der Waals surface area contributed by atoms with E-state index in [9.17, 15) is 4.79 Å². The van der Waals surface area contributed by atoms with Crippen molar-refractivity contribution in [2.24, 2.45) is 7.05 Å². The third-order valence-corrected chi connectivity index (χ3v) is 2.53. The number of nitrogens with zero attached hydrogens (tertiary/aromatic N) is 2. The lowest BCUT2D eigenvalue weighted by molar-refractivity contribution is -0.147. The van der Waals surface area contributed by atoms with Gasteiger partial charge in [-0.05, 0) is 20.8 Å². The van der Waals surface area contributed by atoms with Crippen molar-refractivity contribution in [1.29, 1.82) is 0 Å². The Morgan fingerprint density at radius 3 is 2.69 bits per heavy atom. The first kappa shape index (κ1) is 12.7. The van der Waals surface area contributed by atoms with Crippen LogP contribution in [0.15, 0.2) is 6.20 Å². The average Bonchev–Trinajstić information content (AvgIpc) is 2.53. The Balaban J connectivity index is 2.64. The van der Waals surface area contributed by atoms with Crippen molar-refractivity contribution in [3.05, 3.63) is 17.5 Å². The lowest BCUT2D eigenvalue weighted by atomic mass is 10.1. The molecular weight excluding hydrogens is 206 g/mol. The highest BCUT2D eigenvalue weighted by atomic mass is 16.5. The van der Waals surface area contributed by atoms with Gasteiger partial charge in [-0.3, -0.25) is 14.8 Å². The molecule has 0 amide bonds. The molecule has 0 aromatic carbocycles. The highest BCUT2D eigenvalue weighted by Crippen LogP contribution is 2.09. The Hall–Kier alpha value is -1.36. The fourth-order valence-electron chi connectivity index (χ4n) is 1.47. The van der Waals surface area contributed by atoms with Gasteiger partial charge in [0.1, 0.15) is 5.54 Å². The number of methoxy groups -OCH3 is 1. The summed E-state index contributed by atoms with van der Waals surface area (Å²) in [6.45, 7) is 6.14. The smallest absolute Gasteiger partial charge is 0.325 e. The third-order valence-electron chi connectivity index (χ3n) is 2.53. The molecule has 0 aliphatic heterocycles. The van der Waals surface area contributed by atoms with Gasteiger partial charge in [0, 0.05) is 25.4 Å². The van der Waals surface area contributed by atoms with Crippen LogP contribution in [0.4, 0.5) is 0 Å². The standard InChI is InChI=1S/C11H19N3O2/c1-8-9(7-14(4)13-8)6-12-11(2,3)10(15)16-5/h7,12H,6H2,1-5H3. The van der Waals surface area contributed by atoms with Crippen LogP contribution in [0, 0.1) is 6.92 Å². The van der Waals surface area contributed by atoms with Crippen LogP contribution in [0.5, 0.6) is 0 Å². The largest absolute Gasteiger partial charge is 0.468 e. The van der Waals surface area contributed by atoms with Crippen molar-refractivity contribution in [3.63, 3.8) is 0 Å². The van der Waals surface area contributed by atoms with Crippen molar-refractivity contribution in [1.82, 2.24) is 15.1 Å². The maximum absolute atomic E-state index is 11.4. The molecule has 5 nitrogen and oxygen atoms in total. The molecule has 0 aliphatic carbocycles. The van der Waals surface area contributed by atoms with Gasteiger partial charge in [-0.1, -0.05) is 0 Å². The molecule has 1 rings (SSSR count). The summed E-state index contributed by atoms with van der Waals surface area (Å²) in [4.78, 5) is 11.4. The molecule has 0 atom stereocenters. The van der Waals surface area contributed by atoms with E-state index in [2.05, 4.69) is 10.4 Å². The monoisotopic (exact) mass is 225 g/mol. The van der Waals surface area contributed by atoms with Crippen LogP contribution in [0.2, 0.25) is 0 Å². The molecule has 0 saturated heterocycles. The Kier molecular flexibility index (Phi) is 3.70. The molecule has 0 saturated carbocycles. The summed E-state index contributed by atoms with van der Waals surface area (Å²) in [5, 5.41) is 7.39. The molecule has 0 unspecified atom stereocenters. The maximum atomic E-state index is 11.4. The van der Waals surface area contributed by atoms with E-state index in [4.69, 9.17) is 4.74 Å². The number of aryl methyl sites for hydroxylation is 2. The zero-order valence-corrected chi connectivity index (χ0v) is 10.5. The SMILES string of the molecule is COC(=O)C(C)(C)NCc1cn(C)nc1C. The number of hydrogen-bond donors (Lipinski definition) is 1. The van der Waals surface area contributed by atoms with Crippen LogP contribution >= 0.6 is 0 Å². The van der Waals surface area contributed by atoms with Crippen molar-refractivity contribution in [3.8, 4) is 0 Å². The summed E-state index contributed by atoms with van der Waals surface area (Å²) < 4.78 is 6.48. The number of aromatic nitrogens is 2. The lowest BCUT2D eigenvalue weighted by Crippen LogP contribution is -2.47. The topological polar surface area (TPSA) is 56.1 Å². The number of ether oxygens (including phenoxy) is 1. The quantitative estimate of drug-likeness (QED) is 0.769. The average molecular weight is 225 g/mol. The van der Waals surface area contributed by atoms with Gasteiger partial charge in [0.2, 0.25) is 0 Å². The zero-order chi connectivity index (χ0) is 12.3. The van der Waals surface area contributed by atoms with Crippen LogP contribution < -0.4 is 5.32 Å². The molecule has 1 aromatic heterocycles. The van der Waals surface area contributed by atoms with Crippen LogP contribution in [-0.2, 0) is 23.1 Å². The van der Waals surface area contributed by atoms with Gasteiger partial charge in [0.05, 0.1) is 12.8 Å². The normalized spacial score (nSPS) is 11.6. The molecular formula is C11H19N3O2. The Bertz CT molecular complexity index is 383. The van der Waals surface area contributed by atoms with E-state index in [1.165, 1.54) is 7.11 Å². The molecule has 16 heavy (non-hydrogen) atoms. The highest BCUT2D eigenvalue weighted by Gasteiger charge is 2.27. The molecule has 1 aromatic rings. The number of esters is 1. The predicted octanol–water partition coefficient (Wildman–Crippen LogP) is 0.770. The van der Waals surface area contributed by atoms with Gasteiger partial charge in [0.25, 0.3) is 0 Å². The van der Waals surface area contributed by atoms with Gasteiger partial charge in [-0.25, -0.2) is 0 Å². The minimum Gasteiger partial charge on any atom is -0.468 e. The summed E-state index contributed by atoms with van der Waals surface area (Å²) >= 11 is 0. The van der Waals surface area contributed by atoms with Gasteiger partial charge >= 0.3 is 5.97 Å². The van der Waals surface area contributed by atoms with Gasteiger partial charge in [-0.2, -0.15) is 5.10 Å². The molecule has 5 heteroatoms. The van der Waals surface area contributed by atoms with Crippen molar-refractivity contribution < 1.29 is 9.53 Å². The van der Waals surface area contributed by atoms with Crippen LogP contribution in [0.25, 0.3) is 0 Å². The van der Waals surface area contributed by atoms with E-state index in [0.29, 0.717) is 6.54 Å². The van der Waals surface area contributed by atoms with Gasteiger partial charge in [-0.15, -0.1) is 0 Å². The van der Waals surface area contributed by atoms with Crippen molar-refractivity contribution in [2.45, 2.75) is 32.9 Å². The van der Waals surface area contributed by atoms with E-state index < -0.39 is 5.54 Å². The summed E-state index contributed by atoms with van der Waals surface area (Å²) in [6, 6.07) is 0. The van der Waals surface area contributed by atoms with E-state index in [0.717, 1.165) is 11.3 Å². The second kappa shape index (κ2) is 4.65. The molecule has 0 aliphatic rings. The summed E-state index contributed by atoms with van der Waals surface area (Å²) in [6.07, 6.45) is 1.94. The second-order valence-corrected chi connectivity index (χ2v) is 4.38. The van der Waals surface area contributed by atoms with Crippen molar-refractivity contribution >= 4 is 5.97 Å². The molecule has 1 N–H and O–H groups in total. The first-order chi connectivity index (χ1) is 7.36.